The molecular formula is C18H19NO3. The Labute approximate surface area is 129 Å². The fraction of sp³-hybridized carbons (Fsp3) is 0.222. The smallest absolute Gasteiger partial charge is 0.252 e. The summed E-state index contributed by atoms with van der Waals surface area (Å²) in [7, 11) is 0. The molecule has 0 aliphatic carbocycles. The summed E-state index contributed by atoms with van der Waals surface area (Å²) in [6, 6.07) is 12.4. The van der Waals surface area contributed by atoms with E-state index in [-0.39, 0.29) is 24.8 Å². The Balaban J connectivity index is 2.42. The minimum absolute atomic E-state index is 0.140. The van der Waals surface area contributed by atoms with Gasteiger partial charge in [-0.25, -0.2) is 0 Å². The summed E-state index contributed by atoms with van der Waals surface area (Å²) >= 11 is 0. The highest BCUT2D eigenvalue weighted by Crippen LogP contribution is 2.18. The van der Waals surface area contributed by atoms with Gasteiger partial charge in [0, 0.05) is 17.7 Å². The molecule has 2 rings (SSSR count). The maximum absolute atomic E-state index is 12.8. The number of ketones is 1. The first-order chi connectivity index (χ1) is 10.5. The van der Waals surface area contributed by atoms with Crippen molar-refractivity contribution in [2.45, 2.75) is 13.8 Å². The van der Waals surface area contributed by atoms with E-state index in [1.807, 2.05) is 32.0 Å². The van der Waals surface area contributed by atoms with Crippen LogP contribution < -0.4 is 5.32 Å². The second-order valence-electron chi connectivity index (χ2n) is 5.17. The molecule has 1 amide bonds. The number of aryl methyl sites for hydroxylation is 2. The fourth-order valence-electron chi connectivity index (χ4n) is 2.27. The lowest BCUT2D eigenvalue weighted by Gasteiger charge is -2.11. The van der Waals surface area contributed by atoms with Crippen molar-refractivity contribution in [3.8, 4) is 0 Å². The van der Waals surface area contributed by atoms with Crippen molar-refractivity contribution in [1.29, 1.82) is 0 Å². The number of carbonyl (C=O) groups is 2. The quantitative estimate of drug-likeness (QED) is 0.832. The Kier molecular flexibility index (Phi) is 5.07. The number of benzene rings is 2. The van der Waals surface area contributed by atoms with E-state index in [9.17, 15) is 9.59 Å². The first kappa shape index (κ1) is 15.9. The molecule has 0 spiro atoms. The van der Waals surface area contributed by atoms with Gasteiger partial charge >= 0.3 is 0 Å². The summed E-state index contributed by atoms with van der Waals surface area (Å²) in [6.45, 7) is 3.82. The molecule has 2 aromatic rings. The maximum atomic E-state index is 12.8. The second-order valence-corrected chi connectivity index (χ2v) is 5.17. The maximum Gasteiger partial charge on any atom is 0.252 e. The average molecular weight is 297 g/mol. The van der Waals surface area contributed by atoms with Gasteiger partial charge in [-0.15, -0.1) is 0 Å². The van der Waals surface area contributed by atoms with Crippen LogP contribution >= 0.6 is 0 Å². The highest BCUT2D eigenvalue weighted by molar-refractivity contribution is 6.15. The minimum atomic E-state index is -0.358. The van der Waals surface area contributed by atoms with Gasteiger partial charge in [0.25, 0.3) is 5.91 Å². The van der Waals surface area contributed by atoms with Crippen LogP contribution in [0.5, 0.6) is 0 Å². The van der Waals surface area contributed by atoms with Crippen LogP contribution in [-0.4, -0.2) is 29.9 Å². The topological polar surface area (TPSA) is 66.4 Å². The van der Waals surface area contributed by atoms with Crippen molar-refractivity contribution in [2.24, 2.45) is 0 Å². The zero-order valence-corrected chi connectivity index (χ0v) is 12.7. The second kappa shape index (κ2) is 7.00. The van der Waals surface area contributed by atoms with Gasteiger partial charge in [0.15, 0.2) is 5.78 Å². The van der Waals surface area contributed by atoms with E-state index in [1.165, 1.54) is 0 Å². The molecule has 0 bridgehead atoms. The lowest BCUT2D eigenvalue weighted by atomic mass is 9.94. The molecule has 22 heavy (non-hydrogen) atoms. The van der Waals surface area contributed by atoms with Gasteiger partial charge in [0.2, 0.25) is 0 Å². The number of nitrogens with one attached hydrogen (secondary N) is 1. The Bertz CT molecular complexity index is 707. The van der Waals surface area contributed by atoms with E-state index in [0.29, 0.717) is 16.7 Å². The Hall–Kier alpha value is -2.46. The number of carbonyl (C=O) groups excluding carboxylic acids is 2. The van der Waals surface area contributed by atoms with Crippen LogP contribution in [0.2, 0.25) is 0 Å². The molecule has 0 saturated heterocycles. The number of rotatable bonds is 5. The molecule has 2 aromatic carbocycles. The van der Waals surface area contributed by atoms with Crippen LogP contribution in [0.4, 0.5) is 0 Å². The Morgan fingerprint density at radius 3 is 2.36 bits per heavy atom. The molecule has 0 saturated carbocycles. The largest absolute Gasteiger partial charge is 0.395 e. The lowest BCUT2D eigenvalue weighted by molar-refractivity contribution is 0.0934. The van der Waals surface area contributed by atoms with Crippen molar-refractivity contribution in [2.75, 3.05) is 13.2 Å². The van der Waals surface area contributed by atoms with Crippen LogP contribution in [0.1, 0.15) is 37.4 Å². The van der Waals surface area contributed by atoms with Crippen molar-refractivity contribution in [1.82, 2.24) is 5.32 Å². The number of hydrogen-bond donors (Lipinski definition) is 2. The van der Waals surface area contributed by atoms with Crippen LogP contribution in [0.25, 0.3) is 0 Å². The average Bonchev–Trinajstić information content (AvgIpc) is 2.54. The molecule has 114 valence electrons. The zero-order valence-electron chi connectivity index (χ0n) is 12.7. The van der Waals surface area contributed by atoms with E-state index in [4.69, 9.17) is 5.11 Å². The Morgan fingerprint density at radius 1 is 1.00 bits per heavy atom. The van der Waals surface area contributed by atoms with E-state index in [0.717, 1.165) is 11.1 Å². The Morgan fingerprint density at radius 2 is 1.68 bits per heavy atom. The van der Waals surface area contributed by atoms with Crippen molar-refractivity contribution >= 4 is 11.7 Å². The number of hydrogen-bond acceptors (Lipinski definition) is 3. The summed E-state index contributed by atoms with van der Waals surface area (Å²) in [5, 5.41) is 11.4. The first-order valence-corrected chi connectivity index (χ1v) is 7.14. The summed E-state index contributed by atoms with van der Waals surface area (Å²) < 4.78 is 0. The molecule has 0 fully saturated rings. The minimum Gasteiger partial charge on any atom is -0.395 e. The summed E-state index contributed by atoms with van der Waals surface area (Å²) in [4.78, 5) is 24.9. The van der Waals surface area contributed by atoms with Gasteiger partial charge in [-0.3, -0.25) is 9.59 Å². The summed E-state index contributed by atoms with van der Waals surface area (Å²) in [5.74, 6) is -0.528. The number of aliphatic hydroxyl groups is 1. The standard InChI is InChI=1S/C18H19NO3/c1-12-7-8-13(2)16(11-12)17(21)14-5-3-4-6-15(14)18(22)19-9-10-20/h3-8,11,20H,9-10H2,1-2H3,(H,19,22). The van der Waals surface area contributed by atoms with E-state index in [2.05, 4.69) is 5.32 Å². The predicted molar refractivity (Wildman–Crippen MR) is 85.2 cm³/mol. The van der Waals surface area contributed by atoms with Crippen LogP contribution in [-0.2, 0) is 0 Å². The van der Waals surface area contributed by atoms with Gasteiger partial charge in [0.1, 0.15) is 0 Å². The molecule has 0 aliphatic heterocycles. The normalized spacial score (nSPS) is 10.3. The molecule has 4 nitrogen and oxygen atoms in total. The monoisotopic (exact) mass is 297 g/mol. The van der Waals surface area contributed by atoms with Crippen LogP contribution in [0.15, 0.2) is 42.5 Å². The molecule has 4 heteroatoms. The van der Waals surface area contributed by atoms with Crippen LogP contribution in [0.3, 0.4) is 0 Å². The van der Waals surface area contributed by atoms with Crippen molar-refractivity contribution < 1.29 is 14.7 Å². The van der Waals surface area contributed by atoms with Crippen LogP contribution in [0, 0.1) is 13.8 Å². The molecule has 0 aromatic heterocycles. The van der Waals surface area contributed by atoms with Gasteiger partial charge in [-0.2, -0.15) is 0 Å². The molecule has 0 atom stereocenters. The first-order valence-electron chi connectivity index (χ1n) is 7.14. The third-order valence-corrected chi connectivity index (χ3v) is 3.45. The molecular weight excluding hydrogens is 278 g/mol. The van der Waals surface area contributed by atoms with Gasteiger partial charge in [-0.1, -0.05) is 35.9 Å². The highest BCUT2D eigenvalue weighted by atomic mass is 16.3. The predicted octanol–water partition coefficient (Wildman–Crippen LogP) is 2.26. The summed E-state index contributed by atoms with van der Waals surface area (Å²) in [5.41, 5.74) is 3.16. The SMILES string of the molecule is Cc1ccc(C)c(C(=O)c2ccccc2C(=O)NCCO)c1. The lowest BCUT2D eigenvalue weighted by Crippen LogP contribution is -2.28. The highest BCUT2D eigenvalue weighted by Gasteiger charge is 2.19. The van der Waals surface area contributed by atoms with Crippen molar-refractivity contribution in [3.05, 3.63) is 70.3 Å². The molecule has 0 heterocycles. The van der Waals surface area contributed by atoms with E-state index < -0.39 is 0 Å². The van der Waals surface area contributed by atoms with E-state index >= 15 is 0 Å². The molecule has 0 aliphatic rings. The van der Waals surface area contributed by atoms with Crippen molar-refractivity contribution in [3.63, 3.8) is 0 Å². The zero-order chi connectivity index (χ0) is 16.1. The van der Waals surface area contributed by atoms with Gasteiger partial charge in [0.05, 0.1) is 12.2 Å². The fourth-order valence-corrected chi connectivity index (χ4v) is 2.27. The molecule has 0 unspecified atom stereocenters. The number of aliphatic hydroxyl groups excluding tert-OH is 1. The summed E-state index contributed by atoms with van der Waals surface area (Å²) in [6.07, 6.45) is 0. The third kappa shape index (κ3) is 3.40. The molecule has 0 radical (unpaired) electrons. The van der Waals surface area contributed by atoms with Gasteiger partial charge in [-0.05, 0) is 31.5 Å². The number of amides is 1. The third-order valence-electron chi connectivity index (χ3n) is 3.45. The van der Waals surface area contributed by atoms with E-state index in [1.54, 1.807) is 24.3 Å². The van der Waals surface area contributed by atoms with Gasteiger partial charge < -0.3 is 10.4 Å². The molecule has 2 N–H and O–H groups in total.